The quantitative estimate of drug-likeness (QED) is 0.669. The Hall–Kier alpha value is -1.79. The summed E-state index contributed by atoms with van der Waals surface area (Å²) >= 11 is 0. The lowest BCUT2D eigenvalue weighted by molar-refractivity contribution is -0.135. The largest absolute Gasteiger partial charge is 0.497 e. The molecule has 1 unspecified atom stereocenters. The average Bonchev–Trinajstić information content (AvgIpc) is 2.67. The number of halogens is 1. The first-order valence-electron chi connectivity index (χ1n) is 9.53. The molecule has 1 fully saturated rings. The molecule has 2 rings (SSSR count). The van der Waals surface area contributed by atoms with E-state index < -0.39 is 0 Å². The van der Waals surface area contributed by atoms with Gasteiger partial charge in [-0.3, -0.25) is 9.59 Å². The Morgan fingerprint density at radius 3 is 2.63 bits per heavy atom. The predicted octanol–water partition coefficient (Wildman–Crippen LogP) is 2.29. The van der Waals surface area contributed by atoms with Crippen molar-refractivity contribution >= 4 is 24.2 Å². The standard InChI is InChI=1S/C20H31N3O3.ClH/c1-26-18-10-8-16(9-11-18)5-4-7-20(25)23-14-3-2-6-17(23)15-22-19(24)12-13-21;/h8-11,17H,2-7,12-15,21H2,1H3,(H,22,24);1H. The van der Waals surface area contributed by atoms with E-state index in [0.29, 0.717) is 25.9 Å². The van der Waals surface area contributed by atoms with Crippen LogP contribution in [0, 0.1) is 0 Å². The monoisotopic (exact) mass is 397 g/mol. The van der Waals surface area contributed by atoms with Crippen molar-refractivity contribution in [3.8, 4) is 5.75 Å². The summed E-state index contributed by atoms with van der Waals surface area (Å²) < 4.78 is 5.16. The molecule has 1 aromatic carbocycles. The lowest BCUT2D eigenvalue weighted by Gasteiger charge is -2.36. The maximum Gasteiger partial charge on any atom is 0.222 e. The van der Waals surface area contributed by atoms with Crippen molar-refractivity contribution in [2.45, 2.75) is 51.0 Å². The summed E-state index contributed by atoms with van der Waals surface area (Å²) in [4.78, 5) is 26.2. The molecule has 27 heavy (non-hydrogen) atoms. The lowest BCUT2D eigenvalue weighted by Crippen LogP contribution is -2.49. The highest BCUT2D eigenvalue weighted by molar-refractivity contribution is 5.85. The lowest BCUT2D eigenvalue weighted by atomic mass is 10.0. The van der Waals surface area contributed by atoms with Gasteiger partial charge in [-0.2, -0.15) is 0 Å². The fourth-order valence-electron chi connectivity index (χ4n) is 3.37. The zero-order valence-corrected chi connectivity index (χ0v) is 16.9. The van der Waals surface area contributed by atoms with Crippen LogP contribution in [0.1, 0.15) is 44.1 Å². The van der Waals surface area contributed by atoms with Gasteiger partial charge < -0.3 is 20.7 Å². The minimum Gasteiger partial charge on any atom is -0.497 e. The van der Waals surface area contributed by atoms with E-state index in [9.17, 15) is 9.59 Å². The van der Waals surface area contributed by atoms with Crippen molar-refractivity contribution in [2.75, 3.05) is 26.7 Å². The van der Waals surface area contributed by atoms with E-state index in [4.69, 9.17) is 10.5 Å². The molecule has 0 bridgehead atoms. The minimum atomic E-state index is -0.0371. The smallest absolute Gasteiger partial charge is 0.222 e. The minimum absolute atomic E-state index is 0. The second kappa shape index (κ2) is 12.6. The summed E-state index contributed by atoms with van der Waals surface area (Å²) in [6, 6.07) is 8.09. The molecule has 3 N–H and O–H groups in total. The van der Waals surface area contributed by atoms with Gasteiger partial charge in [0.05, 0.1) is 7.11 Å². The number of rotatable bonds is 9. The van der Waals surface area contributed by atoms with Crippen molar-refractivity contribution in [1.82, 2.24) is 10.2 Å². The van der Waals surface area contributed by atoms with Crippen LogP contribution < -0.4 is 15.8 Å². The van der Waals surface area contributed by atoms with Gasteiger partial charge >= 0.3 is 0 Å². The average molecular weight is 398 g/mol. The molecule has 0 aromatic heterocycles. The Morgan fingerprint density at radius 1 is 1.22 bits per heavy atom. The van der Waals surface area contributed by atoms with E-state index >= 15 is 0 Å². The molecule has 6 nitrogen and oxygen atoms in total. The summed E-state index contributed by atoms with van der Waals surface area (Å²) in [7, 11) is 1.65. The van der Waals surface area contributed by atoms with E-state index in [1.165, 1.54) is 5.56 Å². The highest BCUT2D eigenvalue weighted by Crippen LogP contribution is 2.19. The number of amides is 2. The molecule has 1 aliphatic heterocycles. The fourth-order valence-corrected chi connectivity index (χ4v) is 3.37. The molecule has 2 amide bonds. The van der Waals surface area contributed by atoms with Gasteiger partial charge in [0, 0.05) is 38.5 Å². The molecule has 7 heteroatoms. The topological polar surface area (TPSA) is 84.7 Å². The van der Waals surface area contributed by atoms with Gasteiger partial charge in [-0.25, -0.2) is 0 Å². The summed E-state index contributed by atoms with van der Waals surface area (Å²) in [6.07, 6.45) is 5.68. The Morgan fingerprint density at radius 2 is 1.96 bits per heavy atom. The zero-order chi connectivity index (χ0) is 18.8. The second-order valence-electron chi connectivity index (χ2n) is 6.78. The predicted molar refractivity (Wildman–Crippen MR) is 109 cm³/mol. The molecule has 1 atom stereocenters. The Bertz CT molecular complexity index is 580. The van der Waals surface area contributed by atoms with Crippen LogP contribution in [0.4, 0.5) is 0 Å². The number of benzene rings is 1. The highest BCUT2D eigenvalue weighted by atomic mass is 35.5. The van der Waals surface area contributed by atoms with Crippen LogP contribution in [0.5, 0.6) is 5.75 Å². The van der Waals surface area contributed by atoms with E-state index in [0.717, 1.165) is 44.4 Å². The van der Waals surface area contributed by atoms with Crippen molar-refractivity contribution < 1.29 is 14.3 Å². The van der Waals surface area contributed by atoms with Gasteiger partial charge in [-0.15, -0.1) is 12.4 Å². The number of nitrogens with zero attached hydrogens (tertiary/aromatic N) is 1. The van der Waals surface area contributed by atoms with Gasteiger partial charge in [0.25, 0.3) is 0 Å². The Kier molecular flexibility index (Phi) is 10.8. The van der Waals surface area contributed by atoms with Gasteiger partial charge in [0.2, 0.25) is 11.8 Å². The third-order valence-electron chi connectivity index (χ3n) is 4.87. The molecule has 1 aromatic rings. The summed E-state index contributed by atoms with van der Waals surface area (Å²) in [5.41, 5.74) is 6.61. The van der Waals surface area contributed by atoms with E-state index in [1.807, 2.05) is 29.2 Å². The van der Waals surface area contributed by atoms with Crippen molar-refractivity contribution in [1.29, 1.82) is 0 Å². The maximum atomic E-state index is 12.6. The summed E-state index contributed by atoms with van der Waals surface area (Å²) in [6.45, 7) is 1.67. The Labute approximate surface area is 168 Å². The van der Waals surface area contributed by atoms with Crippen molar-refractivity contribution in [2.24, 2.45) is 5.73 Å². The van der Waals surface area contributed by atoms with Crippen LogP contribution >= 0.6 is 12.4 Å². The molecule has 0 aliphatic carbocycles. The number of hydrogen-bond donors (Lipinski definition) is 2. The van der Waals surface area contributed by atoms with Crippen LogP contribution in [0.25, 0.3) is 0 Å². The molecule has 0 saturated carbocycles. The van der Waals surface area contributed by atoms with E-state index in [2.05, 4.69) is 5.32 Å². The second-order valence-corrected chi connectivity index (χ2v) is 6.78. The van der Waals surface area contributed by atoms with Crippen LogP contribution in [0.15, 0.2) is 24.3 Å². The van der Waals surface area contributed by atoms with Gasteiger partial charge in [-0.1, -0.05) is 12.1 Å². The number of carbonyl (C=O) groups excluding carboxylic acids is 2. The number of piperidine rings is 1. The summed E-state index contributed by atoms with van der Waals surface area (Å²) in [5.74, 6) is 0.999. The number of likely N-dealkylation sites (tertiary alicyclic amines) is 1. The third-order valence-corrected chi connectivity index (χ3v) is 4.87. The highest BCUT2D eigenvalue weighted by Gasteiger charge is 2.26. The molecule has 152 valence electrons. The van der Waals surface area contributed by atoms with Crippen LogP contribution in [-0.4, -0.2) is 49.5 Å². The molecule has 0 spiro atoms. The van der Waals surface area contributed by atoms with Crippen LogP contribution in [0.3, 0.4) is 0 Å². The Balaban J connectivity index is 0.00000364. The number of hydrogen-bond acceptors (Lipinski definition) is 4. The number of ether oxygens (including phenoxy) is 1. The number of nitrogens with one attached hydrogen (secondary N) is 1. The molecule has 0 radical (unpaired) electrons. The molecule has 1 heterocycles. The molecule has 1 aliphatic rings. The van der Waals surface area contributed by atoms with Crippen molar-refractivity contribution in [3.63, 3.8) is 0 Å². The first-order valence-corrected chi connectivity index (χ1v) is 9.53. The first kappa shape index (κ1) is 23.2. The number of nitrogens with two attached hydrogens (primary N) is 1. The van der Waals surface area contributed by atoms with Gasteiger partial charge in [-0.05, 0) is 49.8 Å². The third kappa shape index (κ3) is 7.77. The fraction of sp³-hybridized carbons (Fsp3) is 0.600. The normalized spacial score (nSPS) is 16.4. The maximum absolute atomic E-state index is 12.6. The van der Waals surface area contributed by atoms with Crippen molar-refractivity contribution in [3.05, 3.63) is 29.8 Å². The number of carbonyl (C=O) groups is 2. The molecular weight excluding hydrogens is 366 g/mol. The van der Waals surface area contributed by atoms with Gasteiger partial charge in [0.15, 0.2) is 0 Å². The van der Waals surface area contributed by atoms with E-state index in [-0.39, 0.29) is 30.3 Å². The van der Waals surface area contributed by atoms with Crippen LogP contribution in [0.2, 0.25) is 0 Å². The molecule has 1 saturated heterocycles. The number of methoxy groups -OCH3 is 1. The molecular formula is C20H32ClN3O3. The first-order chi connectivity index (χ1) is 12.6. The zero-order valence-electron chi connectivity index (χ0n) is 16.1. The van der Waals surface area contributed by atoms with Crippen LogP contribution in [-0.2, 0) is 16.0 Å². The summed E-state index contributed by atoms with van der Waals surface area (Å²) in [5, 5.41) is 2.91. The van der Waals surface area contributed by atoms with Gasteiger partial charge in [0.1, 0.15) is 5.75 Å². The number of aryl methyl sites for hydroxylation is 1. The van der Waals surface area contributed by atoms with E-state index in [1.54, 1.807) is 7.11 Å². The SMILES string of the molecule is COc1ccc(CCCC(=O)N2CCCCC2CNC(=O)CCN)cc1.Cl.